The molecule has 12 heavy (non-hydrogen) atoms. The van der Waals surface area contributed by atoms with Crippen LogP contribution in [0.25, 0.3) is 10.8 Å². The third kappa shape index (κ3) is 1.16. The number of hydrogen-bond donors (Lipinski definition) is 1. The van der Waals surface area contributed by atoms with E-state index < -0.39 is 0 Å². The van der Waals surface area contributed by atoms with Gasteiger partial charge in [0.25, 0.3) is 5.56 Å². The van der Waals surface area contributed by atoms with Gasteiger partial charge in [-0.15, -0.1) is 0 Å². The Balaban J connectivity index is 2.99. The average molecular weight is 224 g/mol. The summed E-state index contributed by atoms with van der Waals surface area (Å²) in [5.74, 6) is 0. The van der Waals surface area contributed by atoms with Crippen LogP contribution in [-0.2, 0) is 0 Å². The lowest BCUT2D eigenvalue weighted by atomic mass is 10.2. The van der Waals surface area contributed by atoms with Gasteiger partial charge in [0.15, 0.2) is 0 Å². The Hall–Kier alpha value is -1.09. The maximum atomic E-state index is 11.3. The third-order valence-electron chi connectivity index (χ3n) is 1.72. The number of aromatic amines is 1. The Bertz CT molecular complexity index is 475. The standard InChI is InChI=1S/C9H6BrNO/c10-8-5-6-3-1-2-4-7(6)9(12)11-8/h1-5H,(H,11,12). The monoisotopic (exact) mass is 223 g/mol. The van der Waals surface area contributed by atoms with E-state index in [0.717, 1.165) is 10.8 Å². The van der Waals surface area contributed by atoms with E-state index in [1.54, 1.807) is 6.07 Å². The van der Waals surface area contributed by atoms with Gasteiger partial charge >= 0.3 is 0 Å². The normalized spacial score (nSPS) is 10.4. The number of fused-ring (bicyclic) bond motifs is 1. The van der Waals surface area contributed by atoms with Gasteiger partial charge < -0.3 is 4.98 Å². The maximum absolute atomic E-state index is 11.3. The molecule has 0 amide bonds. The zero-order chi connectivity index (χ0) is 8.55. The predicted molar refractivity (Wildman–Crippen MR) is 52.3 cm³/mol. The first-order chi connectivity index (χ1) is 5.77. The van der Waals surface area contributed by atoms with E-state index in [1.165, 1.54) is 0 Å². The maximum Gasteiger partial charge on any atom is 0.256 e. The summed E-state index contributed by atoms with van der Waals surface area (Å²) in [6, 6.07) is 9.37. The van der Waals surface area contributed by atoms with E-state index in [9.17, 15) is 4.79 Å². The van der Waals surface area contributed by atoms with Crippen LogP contribution in [0.1, 0.15) is 0 Å². The molecule has 2 nitrogen and oxygen atoms in total. The van der Waals surface area contributed by atoms with Gasteiger partial charge in [-0.25, -0.2) is 0 Å². The van der Waals surface area contributed by atoms with Crippen molar-refractivity contribution in [2.75, 3.05) is 0 Å². The quantitative estimate of drug-likeness (QED) is 0.684. The van der Waals surface area contributed by atoms with Crippen molar-refractivity contribution in [3.63, 3.8) is 0 Å². The van der Waals surface area contributed by atoms with Crippen LogP contribution >= 0.6 is 15.9 Å². The second-order valence-electron chi connectivity index (χ2n) is 2.53. The molecule has 0 aliphatic carbocycles. The highest BCUT2D eigenvalue weighted by Crippen LogP contribution is 2.12. The Morgan fingerprint density at radius 1 is 1.25 bits per heavy atom. The second kappa shape index (κ2) is 2.75. The molecule has 1 aromatic carbocycles. The minimum Gasteiger partial charge on any atom is -0.316 e. The highest BCUT2D eigenvalue weighted by molar-refractivity contribution is 9.10. The van der Waals surface area contributed by atoms with Gasteiger partial charge in [0.1, 0.15) is 0 Å². The molecule has 1 heterocycles. The lowest BCUT2D eigenvalue weighted by Crippen LogP contribution is -2.05. The minimum atomic E-state index is -0.0556. The number of rotatable bonds is 0. The van der Waals surface area contributed by atoms with Crippen molar-refractivity contribution < 1.29 is 0 Å². The van der Waals surface area contributed by atoms with Crippen molar-refractivity contribution >= 4 is 26.7 Å². The van der Waals surface area contributed by atoms with Crippen LogP contribution in [0.4, 0.5) is 0 Å². The molecule has 0 spiro atoms. The molecule has 0 aliphatic heterocycles. The molecular formula is C9H6BrNO. The summed E-state index contributed by atoms with van der Waals surface area (Å²) in [6.45, 7) is 0. The summed E-state index contributed by atoms with van der Waals surface area (Å²) in [7, 11) is 0. The summed E-state index contributed by atoms with van der Waals surface area (Å²) < 4.78 is 0.714. The fourth-order valence-electron chi connectivity index (χ4n) is 1.18. The number of hydrogen-bond acceptors (Lipinski definition) is 1. The van der Waals surface area contributed by atoms with Crippen molar-refractivity contribution in [3.05, 3.63) is 45.3 Å². The van der Waals surface area contributed by atoms with Gasteiger partial charge in [-0.2, -0.15) is 0 Å². The van der Waals surface area contributed by atoms with Crippen molar-refractivity contribution in [1.29, 1.82) is 0 Å². The van der Waals surface area contributed by atoms with Crippen molar-refractivity contribution in [3.8, 4) is 0 Å². The van der Waals surface area contributed by atoms with Crippen LogP contribution in [0.3, 0.4) is 0 Å². The SMILES string of the molecule is O=c1[nH]c(Br)cc2ccccc12. The number of halogens is 1. The lowest BCUT2D eigenvalue weighted by Gasteiger charge is -1.95. The van der Waals surface area contributed by atoms with Gasteiger partial charge in [0.05, 0.1) is 4.60 Å². The van der Waals surface area contributed by atoms with E-state index in [1.807, 2.05) is 24.3 Å². The van der Waals surface area contributed by atoms with E-state index >= 15 is 0 Å². The van der Waals surface area contributed by atoms with Crippen molar-refractivity contribution in [1.82, 2.24) is 4.98 Å². The van der Waals surface area contributed by atoms with Crippen LogP contribution in [0.15, 0.2) is 39.7 Å². The topological polar surface area (TPSA) is 32.9 Å². The highest BCUT2D eigenvalue weighted by atomic mass is 79.9. The molecule has 1 aromatic heterocycles. The molecule has 2 rings (SSSR count). The van der Waals surface area contributed by atoms with Gasteiger partial charge in [-0.3, -0.25) is 4.79 Å². The lowest BCUT2D eigenvalue weighted by molar-refractivity contribution is 1.23. The molecule has 1 N–H and O–H groups in total. The minimum absolute atomic E-state index is 0.0556. The van der Waals surface area contributed by atoms with Gasteiger partial charge in [-0.1, -0.05) is 18.2 Å². The molecule has 0 atom stereocenters. The number of aromatic nitrogens is 1. The van der Waals surface area contributed by atoms with E-state index in [-0.39, 0.29) is 5.56 Å². The molecule has 0 aliphatic rings. The van der Waals surface area contributed by atoms with E-state index in [4.69, 9.17) is 0 Å². The molecule has 0 bridgehead atoms. The Kier molecular flexibility index (Phi) is 1.73. The summed E-state index contributed by atoms with van der Waals surface area (Å²) in [5.41, 5.74) is -0.0556. The number of nitrogens with one attached hydrogen (secondary N) is 1. The zero-order valence-electron chi connectivity index (χ0n) is 6.17. The fraction of sp³-hybridized carbons (Fsp3) is 0. The molecule has 0 unspecified atom stereocenters. The largest absolute Gasteiger partial charge is 0.316 e. The summed E-state index contributed by atoms with van der Waals surface area (Å²) in [4.78, 5) is 14.0. The summed E-state index contributed by atoms with van der Waals surface area (Å²) >= 11 is 3.23. The van der Waals surface area contributed by atoms with Crippen molar-refractivity contribution in [2.45, 2.75) is 0 Å². The third-order valence-corrected chi connectivity index (χ3v) is 2.15. The van der Waals surface area contributed by atoms with Crippen LogP contribution in [0.5, 0.6) is 0 Å². The Morgan fingerprint density at radius 2 is 2.00 bits per heavy atom. The first-order valence-corrected chi connectivity index (χ1v) is 4.34. The molecule has 60 valence electrons. The smallest absolute Gasteiger partial charge is 0.256 e. The first-order valence-electron chi connectivity index (χ1n) is 3.55. The fourth-order valence-corrected chi connectivity index (χ4v) is 1.60. The molecule has 0 saturated heterocycles. The van der Waals surface area contributed by atoms with E-state index in [2.05, 4.69) is 20.9 Å². The first kappa shape index (κ1) is 7.55. The Morgan fingerprint density at radius 3 is 2.83 bits per heavy atom. The Labute approximate surface area is 77.4 Å². The predicted octanol–water partition coefficient (Wildman–Crippen LogP) is 2.29. The highest BCUT2D eigenvalue weighted by Gasteiger charge is 1.97. The van der Waals surface area contributed by atoms with Gasteiger partial charge in [0, 0.05) is 5.39 Å². The molecule has 3 heteroatoms. The average Bonchev–Trinajstić information content (AvgIpc) is 2.04. The molecule has 2 aromatic rings. The summed E-state index contributed by atoms with van der Waals surface area (Å²) in [6.07, 6.45) is 0. The van der Waals surface area contributed by atoms with E-state index in [0.29, 0.717) is 4.60 Å². The molecule has 0 saturated carbocycles. The van der Waals surface area contributed by atoms with Crippen LogP contribution in [0, 0.1) is 0 Å². The van der Waals surface area contributed by atoms with Gasteiger partial charge in [0.2, 0.25) is 0 Å². The van der Waals surface area contributed by atoms with Crippen LogP contribution < -0.4 is 5.56 Å². The van der Waals surface area contributed by atoms with Crippen LogP contribution in [0.2, 0.25) is 0 Å². The second-order valence-corrected chi connectivity index (χ2v) is 3.39. The number of H-pyrrole nitrogens is 1. The van der Waals surface area contributed by atoms with Crippen molar-refractivity contribution in [2.24, 2.45) is 0 Å². The van der Waals surface area contributed by atoms with Gasteiger partial charge in [-0.05, 0) is 33.4 Å². The zero-order valence-corrected chi connectivity index (χ0v) is 7.76. The number of benzene rings is 1. The molecule has 0 fully saturated rings. The van der Waals surface area contributed by atoms with Crippen LogP contribution in [-0.4, -0.2) is 4.98 Å². The molecular weight excluding hydrogens is 218 g/mol. The number of pyridine rings is 1. The summed E-state index contributed by atoms with van der Waals surface area (Å²) in [5, 5.41) is 1.67. The molecule has 0 radical (unpaired) electrons.